The van der Waals surface area contributed by atoms with Gasteiger partial charge in [0, 0.05) is 17.8 Å². The van der Waals surface area contributed by atoms with Gasteiger partial charge in [0.25, 0.3) is 0 Å². The van der Waals surface area contributed by atoms with Crippen LogP contribution in [0.15, 0.2) is 18.2 Å². The molecule has 0 aliphatic carbocycles. The van der Waals surface area contributed by atoms with Crippen LogP contribution in [0.25, 0.3) is 0 Å². The molecule has 3 nitrogen and oxygen atoms in total. The molecule has 0 saturated carbocycles. The number of anilines is 1. The standard InChI is InChI=1S/C10H12ClNO2.ClH/c1-7-3-4-8(5-9(7)11)12(2)6-10(13)14;/h3-5H,6H2,1-2H3,(H,13,14);1H. The Morgan fingerprint density at radius 1 is 1.53 bits per heavy atom. The summed E-state index contributed by atoms with van der Waals surface area (Å²) in [6.45, 7) is 1.88. The van der Waals surface area contributed by atoms with Crippen LogP contribution in [0.3, 0.4) is 0 Å². The van der Waals surface area contributed by atoms with Crippen molar-refractivity contribution in [3.63, 3.8) is 0 Å². The second-order valence-corrected chi connectivity index (χ2v) is 3.59. The zero-order chi connectivity index (χ0) is 10.7. The Kier molecular flexibility index (Phi) is 5.47. The molecule has 0 radical (unpaired) electrons. The molecule has 0 bridgehead atoms. The van der Waals surface area contributed by atoms with E-state index in [2.05, 4.69) is 0 Å². The van der Waals surface area contributed by atoms with E-state index in [1.807, 2.05) is 19.1 Å². The first-order chi connectivity index (χ1) is 6.50. The number of carboxylic acids is 1. The van der Waals surface area contributed by atoms with Gasteiger partial charge in [0.15, 0.2) is 0 Å². The Labute approximate surface area is 100 Å². The van der Waals surface area contributed by atoms with Gasteiger partial charge in [0.2, 0.25) is 0 Å². The number of carbonyl (C=O) groups is 1. The van der Waals surface area contributed by atoms with Crippen molar-refractivity contribution in [2.75, 3.05) is 18.5 Å². The smallest absolute Gasteiger partial charge is 0.323 e. The monoisotopic (exact) mass is 249 g/mol. The molecule has 0 aliphatic rings. The van der Waals surface area contributed by atoms with Crippen molar-refractivity contribution >= 4 is 35.7 Å². The van der Waals surface area contributed by atoms with Gasteiger partial charge in [-0.2, -0.15) is 0 Å². The summed E-state index contributed by atoms with van der Waals surface area (Å²) in [5.41, 5.74) is 1.79. The average molecular weight is 250 g/mol. The van der Waals surface area contributed by atoms with E-state index in [9.17, 15) is 4.79 Å². The first kappa shape index (κ1) is 14.1. The lowest BCUT2D eigenvalue weighted by molar-refractivity contribution is -0.135. The number of benzene rings is 1. The Balaban J connectivity index is 0.00000196. The number of aryl methyl sites for hydroxylation is 1. The van der Waals surface area contributed by atoms with Crippen LogP contribution in [-0.2, 0) is 4.79 Å². The molecule has 1 aromatic carbocycles. The molecule has 0 spiro atoms. The molecule has 1 rings (SSSR count). The van der Waals surface area contributed by atoms with E-state index in [0.717, 1.165) is 11.3 Å². The quantitative estimate of drug-likeness (QED) is 0.896. The molecule has 0 heterocycles. The van der Waals surface area contributed by atoms with E-state index in [1.54, 1.807) is 18.0 Å². The normalized spacial score (nSPS) is 9.27. The summed E-state index contributed by atoms with van der Waals surface area (Å²) in [4.78, 5) is 12.1. The molecule has 0 atom stereocenters. The molecule has 0 aromatic heterocycles. The summed E-state index contributed by atoms with van der Waals surface area (Å²) < 4.78 is 0. The summed E-state index contributed by atoms with van der Waals surface area (Å²) in [5, 5.41) is 9.25. The number of hydrogen-bond donors (Lipinski definition) is 1. The van der Waals surface area contributed by atoms with Gasteiger partial charge in [-0.15, -0.1) is 12.4 Å². The van der Waals surface area contributed by atoms with Crippen LogP contribution in [0, 0.1) is 6.92 Å². The fourth-order valence-electron chi connectivity index (χ4n) is 1.11. The van der Waals surface area contributed by atoms with Gasteiger partial charge < -0.3 is 10.0 Å². The third-order valence-corrected chi connectivity index (χ3v) is 2.38. The Bertz CT molecular complexity index is 355. The van der Waals surface area contributed by atoms with E-state index in [-0.39, 0.29) is 19.0 Å². The molecule has 0 fully saturated rings. The van der Waals surface area contributed by atoms with Crippen molar-refractivity contribution < 1.29 is 9.90 Å². The van der Waals surface area contributed by atoms with Crippen LogP contribution in [0.4, 0.5) is 5.69 Å². The summed E-state index contributed by atoms with van der Waals surface area (Å²) in [6.07, 6.45) is 0. The Morgan fingerprint density at radius 3 is 2.60 bits per heavy atom. The van der Waals surface area contributed by atoms with Crippen molar-refractivity contribution in [3.8, 4) is 0 Å². The van der Waals surface area contributed by atoms with E-state index in [0.29, 0.717) is 5.02 Å². The highest BCUT2D eigenvalue weighted by Crippen LogP contribution is 2.21. The van der Waals surface area contributed by atoms with Crippen LogP contribution in [0.2, 0.25) is 5.02 Å². The first-order valence-electron chi connectivity index (χ1n) is 4.20. The van der Waals surface area contributed by atoms with Crippen LogP contribution >= 0.6 is 24.0 Å². The maximum Gasteiger partial charge on any atom is 0.323 e. The minimum absolute atomic E-state index is 0. The molecule has 84 valence electrons. The number of nitrogens with zero attached hydrogens (tertiary/aromatic N) is 1. The van der Waals surface area contributed by atoms with Crippen molar-refractivity contribution in [3.05, 3.63) is 28.8 Å². The fraction of sp³-hybridized carbons (Fsp3) is 0.300. The topological polar surface area (TPSA) is 40.5 Å². The van der Waals surface area contributed by atoms with Crippen molar-refractivity contribution in [1.29, 1.82) is 0 Å². The molecule has 1 aromatic rings. The number of likely N-dealkylation sites (N-methyl/N-ethyl adjacent to an activating group) is 1. The first-order valence-corrected chi connectivity index (χ1v) is 4.57. The highest BCUT2D eigenvalue weighted by atomic mass is 35.5. The maximum absolute atomic E-state index is 10.5. The summed E-state index contributed by atoms with van der Waals surface area (Å²) in [5.74, 6) is -0.857. The molecule has 0 unspecified atom stereocenters. The zero-order valence-electron chi connectivity index (χ0n) is 8.53. The summed E-state index contributed by atoms with van der Waals surface area (Å²) >= 11 is 5.92. The molecular weight excluding hydrogens is 237 g/mol. The van der Waals surface area contributed by atoms with Crippen LogP contribution in [0.1, 0.15) is 5.56 Å². The molecule has 15 heavy (non-hydrogen) atoms. The minimum Gasteiger partial charge on any atom is -0.480 e. The van der Waals surface area contributed by atoms with Gasteiger partial charge in [-0.1, -0.05) is 17.7 Å². The number of rotatable bonds is 3. The molecule has 0 amide bonds. The lowest BCUT2D eigenvalue weighted by Gasteiger charge is -2.17. The van der Waals surface area contributed by atoms with Crippen molar-refractivity contribution in [2.24, 2.45) is 0 Å². The van der Waals surface area contributed by atoms with E-state index in [1.165, 1.54) is 0 Å². The third kappa shape index (κ3) is 3.98. The SMILES string of the molecule is Cc1ccc(N(C)CC(=O)O)cc1Cl.Cl. The molecule has 0 aliphatic heterocycles. The lowest BCUT2D eigenvalue weighted by atomic mass is 10.2. The third-order valence-electron chi connectivity index (χ3n) is 1.97. The number of carboxylic acid groups (broad SMARTS) is 1. The largest absolute Gasteiger partial charge is 0.480 e. The number of halogens is 2. The predicted molar refractivity (Wildman–Crippen MR) is 64.3 cm³/mol. The van der Waals surface area contributed by atoms with Crippen LogP contribution in [0.5, 0.6) is 0 Å². The average Bonchev–Trinajstić information content (AvgIpc) is 2.08. The van der Waals surface area contributed by atoms with E-state index in [4.69, 9.17) is 16.7 Å². The molecule has 1 N–H and O–H groups in total. The molecular formula is C10H13Cl2NO2. The second-order valence-electron chi connectivity index (χ2n) is 3.18. The van der Waals surface area contributed by atoms with Crippen molar-refractivity contribution in [2.45, 2.75) is 6.92 Å². The van der Waals surface area contributed by atoms with Crippen molar-refractivity contribution in [1.82, 2.24) is 0 Å². The van der Waals surface area contributed by atoms with Gasteiger partial charge in [0.05, 0.1) is 0 Å². The molecule has 5 heteroatoms. The summed E-state index contributed by atoms with van der Waals surface area (Å²) in [7, 11) is 1.72. The zero-order valence-corrected chi connectivity index (χ0v) is 10.1. The minimum atomic E-state index is -0.857. The lowest BCUT2D eigenvalue weighted by Crippen LogP contribution is -2.24. The van der Waals surface area contributed by atoms with Gasteiger partial charge in [-0.25, -0.2) is 0 Å². The van der Waals surface area contributed by atoms with E-state index >= 15 is 0 Å². The summed E-state index contributed by atoms with van der Waals surface area (Å²) in [6, 6.07) is 5.49. The van der Waals surface area contributed by atoms with Crippen LogP contribution < -0.4 is 4.90 Å². The van der Waals surface area contributed by atoms with Gasteiger partial charge >= 0.3 is 5.97 Å². The van der Waals surface area contributed by atoms with Gasteiger partial charge in [-0.05, 0) is 24.6 Å². The van der Waals surface area contributed by atoms with E-state index < -0.39 is 5.97 Å². The molecule has 0 saturated heterocycles. The fourth-order valence-corrected chi connectivity index (χ4v) is 1.29. The maximum atomic E-state index is 10.5. The van der Waals surface area contributed by atoms with Crippen LogP contribution in [-0.4, -0.2) is 24.7 Å². The van der Waals surface area contributed by atoms with Gasteiger partial charge in [-0.3, -0.25) is 4.79 Å². The Morgan fingerprint density at radius 2 is 2.13 bits per heavy atom. The predicted octanol–water partition coefficient (Wildman–Crippen LogP) is 2.59. The second kappa shape index (κ2) is 5.83. The number of aliphatic carboxylic acids is 1. The van der Waals surface area contributed by atoms with Gasteiger partial charge in [0.1, 0.15) is 6.54 Å². The highest BCUT2D eigenvalue weighted by Gasteiger charge is 2.06. The Hall–Kier alpha value is -0.930. The number of hydrogen-bond acceptors (Lipinski definition) is 2. The highest BCUT2D eigenvalue weighted by molar-refractivity contribution is 6.31.